The molecule has 0 atom stereocenters. The van der Waals surface area contributed by atoms with E-state index in [0.29, 0.717) is 10.7 Å². The van der Waals surface area contributed by atoms with Gasteiger partial charge in [-0.1, -0.05) is 23.9 Å². The van der Waals surface area contributed by atoms with Crippen molar-refractivity contribution in [3.63, 3.8) is 0 Å². The summed E-state index contributed by atoms with van der Waals surface area (Å²) in [5.41, 5.74) is 2.97. The molecule has 21 heavy (non-hydrogen) atoms. The fourth-order valence-corrected chi connectivity index (χ4v) is 2.45. The van der Waals surface area contributed by atoms with E-state index in [1.54, 1.807) is 6.92 Å². The smallest absolute Gasteiger partial charge is 0.325 e. The predicted octanol–water partition coefficient (Wildman–Crippen LogP) is 1.82. The van der Waals surface area contributed by atoms with Crippen molar-refractivity contribution in [1.29, 1.82) is 0 Å². The van der Waals surface area contributed by atoms with E-state index in [0.717, 1.165) is 16.8 Å². The number of H-pyrrole nitrogens is 1. The van der Waals surface area contributed by atoms with Gasteiger partial charge in [0.05, 0.1) is 11.4 Å². The van der Waals surface area contributed by atoms with E-state index in [2.05, 4.69) is 20.5 Å². The lowest BCUT2D eigenvalue weighted by Crippen LogP contribution is -2.17. The molecule has 1 aromatic heterocycles. The predicted molar refractivity (Wildman–Crippen MR) is 82.7 cm³/mol. The van der Waals surface area contributed by atoms with Gasteiger partial charge in [-0.2, -0.15) is 10.1 Å². The van der Waals surface area contributed by atoms with Crippen molar-refractivity contribution >= 4 is 23.4 Å². The molecule has 2 N–H and O–H groups in total. The molecule has 0 bridgehead atoms. The van der Waals surface area contributed by atoms with E-state index in [-0.39, 0.29) is 11.7 Å². The Morgan fingerprint density at radius 1 is 1.33 bits per heavy atom. The van der Waals surface area contributed by atoms with Crippen molar-refractivity contribution in [3.8, 4) is 0 Å². The second kappa shape index (κ2) is 6.53. The quantitative estimate of drug-likeness (QED) is 0.841. The van der Waals surface area contributed by atoms with Gasteiger partial charge in [0.15, 0.2) is 0 Å². The summed E-state index contributed by atoms with van der Waals surface area (Å²) >= 11 is 1.19. The SMILES string of the molecule is Cc1ccc(C)c(NC(=O)CSc2nc(=O)[nH]nc2C)c1. The van der Waals surface area contributed by atoms with Crippen molar-refractivity contribution in [1.82, 2.24) is 15.2 Å². The summed E-state index contributed by atoms with van der Waals surface area (Å²) in [4.78, 5) is 26.9. The molecule has 0 aliphatic heterocycles. The molecule has 0 spiro atoms. The maximum Gasteiger partial charge on any atom is 0.362 e. The second-order valence-corrected chi connectivity index (χ2v) is 5.65. The lowest BCUT2D eigenvalue weighted by atomic mass is 10.1. The van der Waals surface area contributed by atoms with Gasteiger partial charge in [-0.3, -0.25) is 4.79 Å². The van der Waals surface area contributed by atoms with Gasteiger partial charge in [-0.15, -0.1) is 0 Å². The van der Waals surface area contributed by atoms with Crippen molar-refractivity contribution in [3.05, 3.63) is 45.5 Å². The summed E-state index contributed by atoms with van der Waals surface area (Å²) in [5, 5.41) is 9.39. The topological polar surface area (TPSA) is 87.7 Å². The number of thioether (sulfide) groups is 1. The van der Waals surface area contributed by atoms with Crippen LogP contribution in [0.3, 0.4) is 0 Å². The number of amides is 1. The Labute approximate surface area is 126 Å². The van der Waals surface area contributed by atoms with Crippen molar-refractivity contribution in [2.24, 2.45) is 0 Å². The van der Waals surface area contributed by atoms with Crippen LogP contribution in [-0.4, -0.2) is 26.8 Å². The first-order valence-corrected chi connectivity index (χ1v) is 7.37. The number of hydrogen-bond donors (Lipinski definition) is 2. The van der Waals surface area contributed by atoms with Gasteiger partial charge in [0, 0.05) is 5.69 Å². The Morgan fingerprint density at radius 3 is 2.86 bits per heavy atom. The molecule has 1 amide bonds. The fraction of sp³-hybridized carbons (Fsp3) is 0.286. The molecule has 0 radical (unpaired) electrons. The number of aromatic amines is 1. The van der Waals surface area contributed by atoms with Crippen LogP contribution >= 0.6 is 11.8 Å². The van der Waals surface area contributed by atoms with Crippen molar-refractivity contribution in [2.45, 2.75) is 25.8 Å². The van der Waals surface area contributed by atoms with Crippen LogP contribution in [0.25, 0.3) is 0 Å². The van der Waals surface area contributed by atoms with Crippen molar-refractivity contribution < 1.29 is 4.79 Å². The van der Waals surface area contributed by atoms with Gasteiger partial charge in [-0.05, 0) is 38.0 Å². The first kappa shape index (κ1) is 15.2. The first-order chi connectivity index (χ1) is 9.95. The Balaban J connectivity index is 2.00. The molecule has 7 heteroatoms. The second-order valence-electron chi connectivity index (χ2n) is 4.69. The number of anilines is 1. The molecular formula is C14H16N4O2S. The number of carbonyl (C=O) groups is 1. The largest absolute Gasteiger partial charge is 0.362 e. The van der Waals surface area contributed by atoms with Crippen molar-refractivity contribution in [2.75, 3.05) is 11.1 Å². The molecule has 0 aliphatic rings. The Hall–Kier alpha value is -2.15. The van der Waals surface area contributed by atoms with Crippen LogP contribution in [0.4, 0.5) is 5.69 Å². The highest BCUT2D eigenvalue weighted by atomic mass is 32.2. The molecule has 1 heterocycles. The van der Waals surface area contributed by atoms with Crippen LogP contribution in [-0.2, 0) is 4.79 Å². The standard InChI is InChI=1S/C14H16N4O2S/c1-8-4-5-9(2)11(6-8)15-12(19)7-21-13-10(3)17-18-14(20)16-13/h4-6H,7H2,1-3H3,(H,15,19)(H,16,18,20). The minimum Gasteiger partial charge on any atom is -0.325 e. The average Bonchev–Trinajstić information content (AvgIpc) is 2.44. The first-order valence-electron chi connectivity index (χ1n) is 6.39. The van der Waals surface area contributed by atoms with E-state index >= 15 is 0 Å². The number of aryl methyl sites for hydroxylation is 3. The van der Waals surface area contributed by atoms with Gasteiger partial charge >= 0.3 is 5.69 Å². The number of nitrogens with one attached hydrogen (secondary N) is 2. The molecule has 1 aromatic carbocycles. The highest BCUT2D eigenvalue weighted by Gasteiger charge is 2.09. The third-order valence-electron chi connectivity index (χ3n) is 2.84. The minimum absolute atomic E-state index is 0.143. The lowest BCUT2D eigenvalue weighted by molar-refractivity contribution is -0.113. The molecule has 0 unspecified atom stereocenters. The summed E-state index contributed by atoms with van der Waals surface area (Å²) in [6.07, 6.45) is 0. The van der Waals surface area contributed by atoms with Gasteiger partial charge in [0.25, 0.3) is 0 Å². The summed E-state index contributed by atoms with van der Waals surface area (Å²) in [6, 6.07) is 5.88. The van der Waals surface area contributed by atoms with E-state index in [9.17, 15) is 9.59 Å². The Kier molecular flexibility index (Phi) is 4.74. The van der Waals surface area contributed by atoms with Gasteiger partial charge < -0.3 is 5.32 Å². The molecular weight excluding hydrogens is 288 g/mol. The average molecular weight is 304 g/mol. The number of benzene rings is 1. The molecule has 110 valence electrons. The Morgan fingerprint density at radius 2 is 2.10 bits per heavy atom. The summed E-state index contributed by atoms with van der Waals surface area (Å²) in [5.74, 6) is 0.0296. The molecule has 0 saturated heterocycles. The number of carbonyl (C=O) groups excluding carboxylic acids is 1. The summed E-state index contributed by atoms with van der Waals surface area (Å²) in [7, 11) is 0. The summed E-state index contributed by atoms with van der Waals surface area (Å²) < 4.78 is 0. The lowest BCUT2D eigenvalue weighted by Gasteiger charge is -2.09. The maximum atomic E-state index is 12.0. The Bertz CT molecular complexity index is 727. The third kappa shape index (κ3) is 4.16. The highest BCUT2D eigenvalue weighted by Crippen LogP contribution is 2.19. The zero-order chi connectivity index (χ0) is 15.4. The molecule has 0 fully saturated rings. The third-order valence-corrected chi connectivity index (χ3v) is 3.91. The fourth-order valence-electron chi connectivity index (χ4n) is 1.71. The van der Waals surface area contributed by atoms with Crippen LogP contribution in [0.1, 0.15) is 16.8 Å². The minimum atomic E-state index is -0.516. The number of hydrogen-bond acceptors (Lipinski definition) is 5. The van der Waals surface area contributed by atoms with E-state index in [4.69, 9.17) is 0 Å². The van der Waals surface area contributed by atoms with Gasteiger partial charge in [0.1, 0.15) is 5.03 Å². The number of aromatic nitrogens is 3. The molecule has 0 aliphatic carbocycles. The van der Waals surface area contributed by atoms with Crippen LogP contribution < -0.4 is 11.0 Å². The van der Waals surface area contributed by atoms with Gasteiger partial charge in [-0.25, -0.2) is 9.89 Å². The monoisotopic (exact) mass is 304 g/mol. The maximum absolute atomic E-state index is 12.0. The van der Waals surface area contributed by atoms with Crippen LogP contribution in [0.2, 0.25) is 0 Å². The van der Waals surface area contributed by atoms with Crippen LogP contribution in [0, 0.1) is 20.8 Å². The van der Waals surface area contributed by atoms with E-state index in [1.807, 2.05) is 32.0 Å². The molecule has 0 saturated carbocycles. The summed E-state index contributed by atoms with van der Waals surface area (Å²) in [6.45, 7) is 5.64. The van der Waals surface area contributed by atoms with Crippen LogP contribution in [0.15, 0.2) is 28.0 Å². The van der Waals surface area contributed by atoms with E-state index in [1.165, 1.54) is 11.8 Å². The normalized spacial score (nSPS) is 10.4. The molecule has 6 nitrogen and oxygen atoms in total. The van der Waals surface area contributed by atoms with Gasteiger partial charge in [0.2, 0.25) is 5.91 Å². The number of rotatable bonds is 4. The number of nitrogens with zero attached hydrogens (tertiary/aromatic N) is 2. The zero-order valence-corrected chi connectivity index (χ0v) is 12.9. The van der Waals surface area contributed by atoms with E-state index < -0.39 is 5.69 Å². The zero-order valence-electron chi connectivity index (χ0n) is 12.1. The molecule has 2 aromatic rings. The highest BCUT2D eigenvalue weighted by molar-refractivity contribution is 8.00. The molecule has 2 rings (SSSR count). The van der Waals surface area contributed by atoms with Crippen LogP contribution in [0.5, 0.6) is 0 Å².